The van der Waals surface area contributed by atoms with Crippen molar-refractivity contribution >= 4 is 6.09 Å². The topological polar surface area (TPSA) is 53.0 Å². The molecular formula is C15H22N2O3. The van der Waals surface area contributed by atoms with Crippen LogP contribution in [0.5, 0.6) is 0 Å². The van der Waals surface area contributed by atoms with Crippen molar-refractivity contribution in [1.82, 2.24) is 9.80 Å². The van der Waals surface area contributed by atoms with Crippen molar-refractivity contribution in [3.63, 3.8) is 0 Å². The van der Waals surface area contributed by atoms with Crippen LogP contribution >= 0.6 is 0 Å². The number of aliphatic hydroxyl groups is 1. The lowest BCUT2D eigenvalue weighted by atomic mass is 10.2. The Labute approximate surface area is 119 Å². The Balaban J connectivity index is 1.90. The van der Waals surface area contributed by atoms with Crippen molar-refractivity contribution in [2.75, 3.05) is 27.2 Å². The van der Waals surface area contributed by atoms with Gasteiger partial charge in [0, 0.05) is 6.54 Å². The van der Waals surface area contributed by atoms with E-state index in [0.29, 0.717) is 13.0 Å². The van der Waals surface area contributed by atoms with E-state index in [9.17, 15) is 9.90 Å². The van der Waals surface area contributed by atoms with Gasteiger partial charge in [-0.2, -0.15) is 0 Å². The van der Waals surface area contributed by atoms with Crippen LogP contribution in [0.25, 0.3) is 0 Å². The van der Waals surface area contributed by atoms with E-state index in [1.54, 1.807) is 4.90 Å². The molecule has 1 aliphatic rings. The first kappa shape index (κ1) is 14.8. The third kappa shape index (κ3) is 3.95. The molecule has 0 aromatic heterocycles. The van der Waals surface area contributed by atoms with Gasteiger partial charge in [0.05, 0.1) is 18.7 Å². The fourth-order valence-electron chi connectivity index (χ4n) is 2.51. The number of likely N-dealkylation sites (N-methyl/N-ethyl adjacent to an activating group) is 1. The number of rotatable bonds is 4. The second-order valence-electron chi connectivity index (χ2n) is 5.50. The molecule has 20 heavy (non-hydrogen) atoms. The van der Waals surface area contributed by atoms with E-state index < -0.39 is 6.10 Å². The number of ether oxygens (including phenoxy) is 1. The second kappa shape index (κ2) is 6.72. The van der Waals surface area contributed by atoms with Crippen molar-refractivity contribution in [2.24, 2.45) is 0 Å². The molecule has 1 aromatic rings. The molecule has 110 valence electrons. The first-order chi connectivity index (χ1) is 9.56. The van der Waals surface area contributed by atoms with Crippen molar-refractivity contribution < 1.29 is 14.6 Å². The number of β-amino-alcohol motifs (C(OH)–C–C–N with tert-alkyl or cyclic N) is 1. The van der Waals surface area contributed by atoms with Gasteiger partial charge in [-0.25, -0.2) is 4.79 Å². The number of amides is 1. The third-order valence-electron chi connectivity index (χ3n) is 3.41. The minimum Gasteiger partial charge on any atom is -0.445 e. The average molecular weight is 278 g/mol. The molecule has 5 nitrogen and oxygen atoms in total. The van der Waals surface area contributed by atoms with Gasteiger partial charge in [0.2, 0.25) is 0 Å². The van der Waals surface area contributed by atoms with E-state index in [1.807, 2.05) is 49.3 Å². The van der Waals surface area contributed by atoms with Gasteiger partial charge in [0.15, 0.2) is 0 Å². The van der Waals surface area contributed by atoms with Gasteiger partial charge in [-0.3, -0.25) is 0 Å². The Kier molecular flexibility index (Phi) is 4.98. The Morgan fingerprint density at radius 2 is 2.10 bits per heavy atom. The smallest absolute Gasteiger partial charge is 0.410 e. The summed E-state index contributed by atoms with van der Waals surface area (Å²) >= 11 is 0. The Bertz CT molecular complexity index is 436. The molecule has 5 heteroatoms. The summed E-state index contributed by atoms with van der Waals surface area (Å²) in [6.07, 6.45) is -0.194. The number of carbonyl (C=O) groups is 1. The van der Waals surface area contributed by atoms with E-state index in [-0.39, 0.29) is 18.7 Å². The SMILES string of the molecule is CN(C)C[C@H]1C[C@H](O)CN1C(=O)OCc1ccccc1. The summed E-state index contributed by atoms with van der Waals surface area (Å²) in [5, 5.41) is 9.75. The molecule has 0 spiro atoms. The van der Waals surface area contributed by atoms with E-state index in [2.05, 4.69) is 0 Å². The Morgan fingerprint density at radius 3 is 2.75 bits per heavy atom. The molecule has 1 aliphatic heterocycles. The van der Waals surface area contributed by atoms with Gasteiger partial charge >= 0.3 is 6.09 Å². The van der Waals surface area contributed by atoms with Gasteiger partial charge < -0.3 is 19.6 Å². The highest BCUT2D eigenvalue weighted by molar-refractivity contribution is 5.68. The Hall–Kier alpha value is -1.59. The monoisotopic (exact) mass is 278 g/mol. The number of carbonyl (C=O) groups excluding carboxylic acids is 1. The van der Waals surface area contributed by atoms with Crippen molar-refractivity contribution in [2.45, 2.75) is 25.2 Å². The summed E-state index contributed by atoms with van der Waals surface area (Å²) in [7, 11) is 3.91. The lowest BCUT2D eigenvalue weighted by Gasteiger charge is -2.26. The maximum atomic E-state index is 12.1. The minimum absolute atomic E-state index is 0.0169. The second-order valence-corrected chi connectivity index (χ2v) is 5.50. The van der Waals surface area contributed by atoms with Crippen LogP contribution < -0.4 is 0 Å². The summed E-state index contributed by atoms with van der Waals surface area (Å²) < 4.78 is 5.33. The molecule has 0 aliphatic carbocycles. The maximum absolute atomic E-state index is 12.1. The van der Waals surface area contributed by atoms with E-state index in [1.165, 1.54) is 0 Å². The zero-order valence-electron chi connectivity index (χ0n) is 12.0. The normalized spacial score (nSPS) is 22.3. The van der Waals surface area contributed by atoms with E-state index in [0.717, 1.165) is 12.1 Å². The zero-order chi connectivity index (χ0) is 14.5. The molecule has 1 amide bonds. The number of benzene rings is 1. The molecular weight excluding hydrogens is 256 g/mol. The summed E-state index contributed by atoms with van der Waals surface area (Å²) in [5.74, 6) is 0. The van der Waals surface area contributed by atoms with Crippen LogP contribution in [0.3, 0.4) is 0 Å². The predicted molar refractivity (Wildman–Crippen MR) is 76.3 cm³/mol. The third-order valence-corrected chi connectivity index (χ3v) is 3.41. The number of nitrogens with zero attached hydrogens (tertiary/aromatic N) is 2. The highest BCUT2D eigenvalue weighted by atomic mass is 16.6. The quantitative estimate of drug-likeness (QED) is 0.902. The van der Waals surface area contributed by atoms with Crippen molar-refractivity contribution in [3.05, 3.63) is 35.9 Å². The fourth-order valence-corrected chi connectivity index (χ4v) is 2.51. The molecule has 2 atom stereocenters. The van der Waals surface area contributed by atoms with Gasteiger partial charge in [0.1, 0.15) is 6.61 Å². The minimum atomic E-state index is -0.454. The lowest BCUT2D eigenvalue weighted by molar-refractivity contribution is 0.0841. The molecule has 0 unspecified atom stereocenters. The molecule has 2 rings (SSSR count). The lowest BCUT2D eigenvalue weighted by Crippen LogP contribution is -2.41. The van der Waals surface area contributed by atoms with Crippen LogP contribution in [0.15, 0.2) is 30.3 Å². The van der Waals surface area contributed by atoms with Gasteiger partial charge in [-0.15, -0.1) is 0 Å². The molecule has 1 saturated heterocycles. The molecule has 1 fully saturated rings. The molecule has 1 aromatic carbocycles. The maximum Gasteiger partial charge on any atom is 0.410 e. The largest absolute Gasteiger partial charge is 0.445 e. The molecule has 0 radical (unpaired) electrons. The first-order valence-corrected chi connectivity index (χ1v) is 6.86. The number of likely N-dealkylation sites (tertiary alicyclic amines) is 1. The summed E-state index contributed by atoms with van der Waals surface area (Å²) in [5.41, 5.74) is 0.963. The fraction of sp³-hybridized carbons (Fsp3) is 0.533. The van der Waals surface area contributed by atoms with Crippen LogP contribution in [-0.4, -0.2) is 60.3 Å². The van der Waals surface area contributed by atoms with Crippen LogP contribution in [0, 0.1) is 0 Å². The van der Waals surface area contributed by atoms with E-state index in [4.69, 9.17) is 4.74 Å². The molecule has 0 bridgehead atoms. The summed E-state index contributed by atoms with van der Waals surface area (Å²) in [6, 6.07) is 9.61. The number of hydrogen-bond donors (Lipinski definition) is 1. The molecule has 1 heterocycles. The van der Waals surface area contributed by atoms with E-state index >= 15 is 0 Å². The zero-order valence-corrected chi connectivity index (χ0v) is 12.0. The molecule has 1 N–H and O–H groups in total. The predicted octanol–water partition coefficient (Wildman–Crippen LogP) is 1.32. The number of aliphatic hydroxyl groups excluding tert-OH is 1. The highest BCUT2D eigenvalue weighted by Crippen LogP contribution is 2.20. The van der Waals surface area contributed by atoms with Crippen LogP contribution in [-0.2, 0) is 11.3 Å². The number of hydrogen-bond acceptors (Lipinski definition) is 4. The summed E-state index contributed by atoms with van der Waals surface area (Å²) in [4.78, 5) is 15.8. The standard InChI is InChI=1S/C15H22N2O3/c1-16(2)9-13-8-14(18)10-17(13)15(19)20-11-12-6-4-3-5-7-12/h3-7,13-14,18H,8-11H2,1-2H3/t13-,14+/m1/s1. The van der Waals surface area contributed by atoms with Crippen LogP contribution in [0.1, 0.15) is 12.0 Å². The van der Waals surface area contributed by atoms with Crippen LogP contribution in [0.2, 0.25) is 0 Å². The van der Waals surface area contributed by atoms with Gasteiger partial charge in [-0.05, 0) is 26.1 Å². The highest BCUT2D eigenvalue weighted by Gasteiger charge is 2.35. The van der Waals surface area contributed by atoms with Gasteiger partial charge in [0.25, 0.3) is 0 Å². The summed E-state index contributed by atoms with van der Waals surface area (Å²) in [6.45, 7) is 1.35. The van der Waals surface area contributed by atoms with Crippen molar-refractivity contribution in [1.29, 1.82) is 0 Å². The Morgan fingerprint density at radius 1 is 1.40 bits per heavy atom. The van der Waals surface area contributed by atoms with Gasteiger partial charge in [-0.1, -0.05) is 30.3 Å². The average Bonchev–Trinajstić information content (AvgIpc) is 2.77. The van der Waals surface area contributed by atoms with Crippen molar-refractivity contribution in [3.8, 4) is 0 Å². The molecule has 0 saturated carbocycles. The first-order valence-electron chi connectivity index (χ1n) is 6.86. The van der Waals surface area contributed by atoms with Crippen LogP contribution in [0.4, 0.5) is 4.79 Å².